The zero-order valence-electron chi connectivity index (χ0n) is 24.0. The van der Waals surface area contributed by atoms with Crippen LogP contribution in [-0.4, -0.2) is 90.7 Å². The van der Waals surface area contributed by atoms with Crippen LogP contribution in [0.4, 0.5) is 0 Å². The van der Waals surface area contributed by atoms with Crippen LogP contribution in [0.3, 0.4) is 0 Å². The summed E-state index contributed by atoms with van der Waals surface area (Å²) < 4.78 is 11.7. The van der Waals surface area contributed by atoms with E-state index < -0.39 is 18.1 Å². The summed E-state index contributed by atoms with van der Waals surface area (Å²) in [5.74, 6) is -0.579. The molecule has 7 unspecified atom stereocenters. The summed E-state index contributed by atoms with van der Waals surface area (Å²) in [6.07, 6.45) is 3.59. The number of nitrogens with two attached hydrogens (primary N) is 1. The van der Waals surface area contributed by atoms with Crippen molar-refractivity contribution in [2.75, 3.05) is 27.8 Å². The van der Waals surface area contributed by atoms with E-state index in [1.54, 1.807) is 39.3 Å². The van der Waals surface area contributed by atoms with E-state index in [-0.39, 0.29) is 54.6 Å². The molecule has 0 radical (unpaired) electrons. The van der Waals surface area contributed by atoms with Crippen LogP contribution in [0.5, 0.6) is 0 Å². The van der Waals surface area contributed by atoms with E-state index in [9.17, 15) is 14.4 Å². The van der Waals surface area contributed by atoms with Gasteiger partial charge >= 0.3 is 0 Å². The van der Waals surface area contributed by atoms with Crippen LogP contribution in [-0.2, 0) is 30.4 Å². The molecule has 11 heteroatoms. The largest absolute Gasteiger partial charge is 0.379 e. The number of nitrogens with zero attached hydrogens (tertiary/aromatic N) is 3. The number of carbonyl (C=O) groups is 3. The molecule has 1 fully saturated rings. The fourth-order valence-electron chi connectivity index (χ4n) is 5.41. The molecule has 7 atom stereocenters. The first kappa shape index (κ1) is 32.1. The highest BCUT2D eigenvalue weighted by atomic mass is 32.1. The molecule has 1 saturated heterocycles. The highest BCUT2D eigenvalue weighted by Crippen LogP contribution is 2.29. The van der Waals surface area contributed by atoms with Gasteiger partial charge in [-0.1, -0.05) is 27.2 Å². The molecule has 0 saturated carbocycles. The number of nitrogens with one attached hydrogen (secondary N) is 1. The van der Waals surface area contributed by atoms with Crippen molar-refractivity contribution in [3.8, 4) is 0 Å². The van der Waals surface area contributed by atoms with Crippen molar-refractivity contribution >= 4 is 29.1 Å². The lowest BCUT2D eigenvalue weighted by Gasteiger charge is -2.39. The Balaban J connectivity index is 2.13. The molecular formula is C27H47N5O5S. The van der Waals surface area contributed by atoms with E-state index in [1.165, 1.54) is 11.3 Å². The molecular weight excluding hydrogens is 506 g/mol. The van der Waals surface area contributed by atoms with E-state index in [4.69, 9.17) is 15.2 Å². The van der Waals surface area contributed by atoms with Crippen molar-refractivity contribution < 1.29 is 23.9 Å². The van der Waals surface area contributed by atoms with Crippen molar-refractivity contribution in [1.29, 1.82) is 0 Å². The van der Waals surface area contributed by atoms with Gasteiger partial charge in [-0.15, -0.1) is 11.3 Å². The summed E-state index contributed by atoms with van der Waals surface area (Å²) in [5, 5.41) is 5.65. The molecule has 0 aliphatic carbocycles. The van der Waals surface area contributed by atoms with Crippen LogP contribution in [0.25, 0.3) is 0 Å². The maximum Gasteiger partial charge on any atom is 0.225 e. The van der Waals surface area contributed by atoms with Gasteiger partial charge in [0.05, 0.1) is 43.2 Å². The van der Waals surface area contributed by atoms with E-state index in [0.29, 0.717) is 13.1 Å². The Bertz CT molecular complexity index is 883. The van der Waals surface area contributed by atoms with Gasteiger partial charge in [-0.2, -0.15) is 0 Å². The molecule has 0 bridgehead atoms. The third-order valence-corrected chi connectivity index (χ3v) is 8.48. The summed E-state index contributed by atoms with van der Waals surface area (Å²) in [7, 11) is 4.95. The first-order chi connectivity index (χ1) is 18.0. The minimum absolute atomic E-state index is 0.0573. The molecule has 1 aliphatic heterocycles. The number of hydrogen-bond acceptors (Lipinski definition) is 8. The number of hydrogen-bond donors (Lipinski definition) is 2. The quantitative estimate of drug-likeness (QED) is 0.341. The Morgan fingerprint density at radius 2 is 1.95 bits per heavy atom. The summed E-state index contributed by atoms with van der Waals surface area (Å²) in [5.41, 5.74) is 5.88. The third-order valence-electron chi connectivity index (χ3n) is 7.70. The second kappa shape index (κ2) is 15.5. The molecule has 216 valence electrons. The second-order valence-electron chi connectivity index (χ2n) is 10.5. The fraction of sp³-hybridized carbons (Fsp3) is 0.778. The number of rotatable bonds is 15. The van der Waals surface area contributed by atoms with Crippen LogP contribution < -0.4 is 11.1 Å². The van der Waals surface area contributed by atoms with Crippen LogP contribution in [0.2, 0.25) is 0 Å². The van der Waals surface area contributed by atoms with Gasteiger partial charge in [-0.3, -0.25) is 14.4 Å². The summed E-state index contributed by atoms with van der Waals surface area (Å²) in [6.45, 7) is 8.75. The average Bonchev–Trinajstić information content (AvgIpc) is 3.59. The molecule has 3 amide bonds. The van der Waals surface area contributed by atoms with Crippen molar-refractivity contribution in [3.63, 3.8) is 0 Å². The van der Waals surface area contributed by atoms with Crippen LogP contribution >= 0.6 is 11.3 Å². The zero-order chi connectivity index (χ0) is 28.4. The summed E-state index contributed by atoms with van der Waals surface area (Å²) >= 11 is 1.49. The Kier molecular flexibility index (Phi) is 13.1. The van der Waals surface area contributed by atoms with Gasteiger partial charge in [0.25, 0.3) is 0 Å². The van der Waals surface area contributed by atoms with Crippen molar-refractivity contribution in [2.24, 2.45) is 17.6 Å². The van der Waals surface area contributed by atoms with Gasteiger partial charge in [-0.05, 0) is 25.7 Å². The molecule has 3 N–H and O–H groups in total. The Labute approximate surface area is 231 Å². The normalized spacial score (nSPS) is 20.3. The van der Waals surface area contributed by atoms with E-state index in [1.807, 2.05) is 17.2 Å². The molecule has 1 aromatic rings. The highest BCUT2D eigenvalue weighted by molar-refractivity contribution is 7.09. The van der Waals surface area contributed by atoms with Gasteiger partial charge in [0.15, 0.2) is 0 Å². The maximum atomic E-state index is 13.7. The zero-order valence-corrected chi connectivity index (χ0v) is 24.8. The number of ether oxygens (including phenoxy) is 2. The molecule has 0 spiro atoms. The second-order valence-corrected chi connectivity index (χ2v) is 11.4. The minimum atomic E-state index is -0.472. The molecule has 1 aliphatic rings. The number of aromatic nitrogens is 1. The molecule has 10 nitrogen and oxygen atoms in total. The monoisotopic (exact) mass is 553 g/mol. The fourth-order valence-corrected chi connectivity index (χ4v) is 5.96. The lowest BCUT2D eigenvalue weighted by molar-refractivity contribution is -0.146. The summed E-state index contributed by atoms with van der Waals surface area (Å²) in [6, 6.07) is -0.734. The predicted octanol–water partition coefficient (Wildman–Crippen LogP) is 2.42. The number of carbonyl (C=O) groups excluding carboxylic acids is 3. The van der Waals surface area contributed by atoms with Gasteiger partial charge in [-0.25, -0.2) is 4.98 Å². The lowest BCUT2D eigenvalue weighted by Crippen LogP contribution is -2.53. The van der Waals surface area contributed by atoms with E-state index in [2.05, 4.69) is 24.1 Å². The number of likely N-dealkylation sites (tertiary alicyclic amines) is 1. The SMILES string of the molecule is CCC(C)C(C(CC(=O)N1CCCC1C(OC)C(C)C(=O)NCc1nccs1)OC)N(C)C(=O)CC(C)N. The molecule has 1 aromatic heterocycles. The van der Waals surface area contributed by atoms with Crippen molar-refractivity contribution in [2.45, 2.75) is 96.7 Å². The number of likely N-dealkylation sites (N-methyl/N-ethyl adjacent to an activating group) is 1. The lowest BCUT2D eigenvalue weighted by atomic mass is 9.90. The first-order valence-electron chi connectivity index (χ1n) is 13.6. The van der Waals surface area contributed by atoms with Crippen LogP contribution in [0.1, 0.15) is 64.8 Å². The molecule has 2 heterocycles. The molecule has 0 aromatic carbocycles. The number of thiazole rings is 1. The molecule has 2 rings (SSSR count). The topological polar surface area (TPSA) is 127 Å². The molecule has 38 heavy (non-hydrogen) atoms. The smallest absolute Gasteiger partial charge is 0.225 e. The van der Waals surface area contributed by atoms with Crippen molar-refractivity contribution in [3.05, 3.63) is 16.6 Å². The van der Waals surface area contributed by atoms with Crippen LogP contribution in [0.15, 0.2) is 11.6 Å². The highest BCUT2D eigenvalue weighted by Gasteiger charge is 2.41. The number of methoxy groups -OCH3 is 2. The van der Waals surface area contributed by atoms with E-state index in [0.717, 1.165) is 24.3 Å². The maximum absolute atomic E-state index is 13.7. The number of amides is 3. The summed E-state index contributed by atoms with van der Waals surface area (Å²) in [4.78, 5) is 47.2. The van der Waals surface area contributed by atoms with Gasteiger partial charge in [0, 0.05) is 51.9 Å². The van der Waals surface area contributed by atoms with Crippen LogP contribution in [0, 0.1) is 11.8 Å². The van der Waals surface area contributed by atoms with Gasteiger partial charge < -0.3 is 30.3 Å². The Morgan fingerprint density at radius 1 is 1.24 bits per heavy atom. The van der Waals surface area contributed by atoms with Gasteiger partial charge in [0.1, 0.15) is 5.01 Å². The average molecular weight is 554 g/mol. The first-order valence-corrected chi connectivity index (χ1v) is 14.5. The standard InChI is InChI=1S/C27H47N5O5S/c1-8-17(2)25(31(5)23(33)14-18(3)28)21(36-6)15-24(34)32-12-9-10-20(32)26(37-7)19(4)27(35)30-16-22-29-11-13-38-22/h11,13,17-21,25-26H,8-10,12,14-16,28H2,1-7H3,(H,30,35). The minimum Gasteiger partial charge on any atom is -0.379 e. The predicted molar refractivity (Wildman–Crippen MR) is 148 cm³/mol. The van der Waals surface area contributed by atoms with Crippen molar-refractivity contribution in [1.82, 2.24) is 20.1 Å². The van der Waals surface area contributed by atoms with E-state index >= 15 is 0 Å². The third kappa shape index (κ3) is 8.46. The Hall–Kier alpha value is -2.08. The van der Waals surface area contributed by atoms with Gasteiger partial charge in [0.2, 0.25) is 17.7 Å². The Morgan fingerprint density at radius 3 is 2.50 bits per heavy atom.